The van der Waals surface area contributed by atoms with E-state index in [0.717, 1.165) is 11.1 Å². The highest BCUT2D eigenvalue weighted by Crippen LogP contribution is 2.45. The summed E-state index contributed by atoms with van der Waals surface area (Å²) >= 11 is 0. The molecule has 2 aliphatic heterocycles. The average Bonchev–Trinajstić information content (AvgIpc) is 3.75. The van der Waals surface area contributed by atoms with Crippen molar-refractivity contribution in [3.8, 4) is 11.5 Å². The first kappa shape index (κ1) is 51.9. The molecule has 9 N–H and O–H groups in total. The standard InChI is InChI=1S/C46H64N8O11S2/c1-25-27(3)38(29(5)32-22-45(7,8)64-36(25)32)66(59,60)53-42(47)49-20-14-18-34(52-44(58)63-24-31-16-12-11-13-17-31)40(55)51-35(41(56)57)19-15-21-50-43(48)54-67(61,62)39-28(4)26(2)37-33(30(39)6)23-46(9,10)65-37/h11-13,16-17,34-35H,14-15,18-24H2,1-10H3,(H,51,55)(H,52,58)(H,56,57)(H3,47,49,53)(H3,48,50,54)/t34-,35-/m0/s1. The minimum Gasteiger partial charge on any atom is -0.487 e. The molecule has 0 radical (unpaired) electrons. The van der Waals surface area contributed by atoms with E-state index < -0.39 is 73.2 Å². The number of benzene rings is 3. The molecule has 0 saturated heterocycles. The lowest BCUT2D eigenvalue weighted by atomic mass is 9.94. The predicted octanol–water partition coefficient (Wildman–Crippen LogP) is 4.69. The molecule has 67 heavy (non-hydrogen) atoms. The summed E-state index contributed by atoms with van der Waals surface area (Å²) in [6.07, 6.45) is 0.0727. The zero-order chi connectivity index (χ0) is 49.8. The topological polar surface area (TPSA) is 287 Å². The zero-order valence-electron chi connectivity index (χ0n) is 39.8. The van der Waals surface area contributed by atoms with Gasteiger partial charge in [0.05, 0.1) is 9.79 Å². The molecule has 366 valence electrons. The SMILES string of the molecule is Cc1c(C)c(S(=O)(=O)NC(=N)NCCC[C@H](NC(=O)[C@H](CCCNC(=N)NS(=O)(=O)c2c(C)c(C)c3c(c2C)CC(C)(C)O3)NC(=O)OCc2ccccc2)C(=O)O)c(C)c2c1OC(C)(C)C2. The van der Waals surface area contributed by atoms with Crippen LogP contribution in [0, 0.1) is 52.4 Å². The third-order valence-corrected chi connectivity index (χ3v) is 15.2. The van der Waals surface area contributed by atoms with Crippen molar-refractivity contribution < 1.29 is 50.5 Å². The van der Waals surface area contributed by atoms with Crippen molar-refractivity contribution in [2.24, 2.45) is 0 Å². The summed E-state index contributed by atoms with van der Waals surface area (Å²) in [6.45, 7) is 17.9. The van der Waals surface area contributed by atoms with Crippen molar-refractivity contribution in [2.75, 3.05) is 13.1 Å². The van der Waals surface area contributed by atoms with E-state index in [-0.39, 0.29) is 55.2 Å². The number of sulfonamides is 2. The van der Waals surface area contributed by atoms with Gasteiger partial charge in [-0.3, -0.25) is 15.6 Å². The van der Waals surface area contributed by atoms with Crippen molar-refractivity contribution in [1.29, 1.82) is 10.8 Å². The summed E-state index contributed by atoms with van der Waals surface area (Å²) in [6, 6.07) is 6.06. The fraction of sp³-hybridized carbons (Fsp3) is 0.500. The van der Waals surface area contributed by atoms with Crippen molar-refractivity contribution in [3.05, 3.63) is 80.4 Å². The molecule has 0 unspecified atom stereocenters. The van der Waals surface area contributed by atoms with Gasteiger partial charge < -0.3 is 40.6 Å². The number of carbonyl (C=O) groups is 3. The van der Waals surface area contributed by atoms with Gasteiger partial charge in [-0.15, -0.1) is 0 Å². The molecule has 2 heterocycles. The van der Waals surface area contributed by atoms with Gasteiger partial charge in [-0.25, -0.2) is 35.9 Å². The molecule has 0 saturated carbocycles. The van der Waals surface area contributed by atoms with Gasteiger partial charge in [0.25, 0.3) is 20.0 Å². The van der Waals surface area contributed by atoms with E-state index in [1.54, 1.807) is 71.9 Å². The highest BCUT2D eigenvalue weighted by atomic mass is 32.2. The van der Waals surface area contributed by atoms with Gasteiger partial charge in [-0.1, -0.05) is 30.3 Å². The maximum absolute atomic E-state index is 13.6. The molecule has 3 aromatic rings. The number of fused-ring (bicyclic) bond motifs is 2. The molecule has 2 aliphatic rings. The Morgan fingerprint density at radius 3 is 1.54 bits per heavy atom. The number of carbonyl (C=O) groups excluding carboxylic acids is 2. The number of amides is 2. The highest BCUT2D eigenvalue weighted by Gasteiger charge is 2.38. The van der Waals surface area contributed by atoms with Crippen LogP contribution in [0.4, 0.5) is 4.79 Å². The van der Waals surface area contributed by atoms with Crippen molar-refractivity contribution in [1.82, 2.24) is 30.7 Å². The molecule has 3 aromatic carbocycles. The molecule has 0 spiro atoms. The summed E-state index contributed by atoms with van der Waals surface area (Å²) in [5.41, 5.74) is 4.72. The second-order valence-electron chi connectivity index (χ2n) is 18.4. The number of ether oxygens (including phenoxy) is 3. The number of nitrogens with one attached hydrogen (secondary N) is 8. The smallest absolute Gasteiger partial charge is 0.408 e. The Hall–Kier alpha value is -6.09. The van der Waals surface area contributed by atoms with Crippen molar-refractivity contribution >= 4 is 49.9 Å². The number of carboxylic acid groups (broad SMARTS) is 1. The van der Waals surface area contributed by atoms with Crippen LogP contribution in [-0.2, 0) is 53.8 Å². The van der Waals surface area contributed by atoms with Crippen molar-refractivity contribution in [2.45, 2.75) is 147 Å². The fourth-order valence-corrected chi connectivity index (χ4v) is 11.5. The molecule has 2 atom stereocenters. The molecule has 21 heteroatoms. The van der Waals surface area contributed by atoms with E-state index in [4.69, 9.17) is 25.0 Å². The van der Waals surface area contributed by atoms with E-state index in [1.807, 2.05) is 27.7 Å². The van der Waals surface area contributed by atoms with Crippen LogP contribution >= 0.6 is 0 Å². The van der Waals surface area contributed by atoms with Gasteiger partial charge in [0, 0.05) is 37.1 Å². The molecule has 0 aliphatic carbocycles. The first-order valence-corrected chi connectivity index (χ1v) is 25.0. The molecule has 2 amide bonds. The number of aliphatic carboxylic acids is 1. The predicted molar refractivity (Wildman–Crippen MR) is 252 cm³/mol. The molecular formula is C46H64N8O11S2. The summed E-state index contributed by atoms with van der Waals surface area (Å²) in [7, 11) is -8.42. The van der Waals surface area contributed by atoms with Crippen LogP contribution < -0.4 is 40.2 Å². The largest absolute Gasteiger partial charge is 0.487 e. The lowest BCUT2D eigenvalue weighted by Gasteiger charge is -2.22. The summed E-state index contributed by atoms with van der Waals surface area (Å²) < 4.78 is 76.5. The second-order valence-corrected chi connectivity index (χ2v) is 21.6. The maximum atomic E-state index is 13.6. The molecule has 0 fully saturated rings. The Balaban J connectivity index is 1.17. The second kappa shape index (κ2) is 20.4. The summed E-state index contributed by atoms with van der Waals surface area (Å²) in [5.74, 6) is -1.93. The highest BCUT2D eigenvalue weighted by molar-refractivity contribution is 7.90. The lowest BCUT2D eigenvalue weighted by molar-refractivity contribution is -0.142. The number of alkyl carbamates (subject to hydrolysis) is 1. The number of guanidine groups is 2. The summed E-state index contributed by atoms with van der Waals surface area (Å²) in [5, 5.41) is 37.1. The summed E-state index contributed by atoms with van der Waals surface area (Å²) in [4.78, 5) is 39.0. The molecule has 19 nitrogen and oxygen atoms in total. The van der Waals surface area contributed by atoms with Gasteiger partial charge >= 0.3 is 12.1 Å². The van der Waals surface area contributed by atoms with E-state index in [9.17, 15) is 36.3 Å². The van der Waals surface area contributed by atoms with Crippen LogP contribution in [0.25, 0.3) is 0 Å². The third kappa shape index (κ3) is 12.5. The Kier molecular flexibility index (Phi) is 15.8. The lowest BCUT2D eigenvalue weighted by Crippen LogP contribution is -2.52. The zero-order valence-corrected chi connectivity index (χ0v) is 41.4. The Labute approximate surface area is 393 Å². The Morgan fingerprint density at radius 2 is 1.10 bits per heavy atom. The average molecular weight is 969 g/mol. The monoisotopic (exact) mass is 968 g/mol. The number of carboxylic acids is 1. The van der Waals surface area contributed by atoms with Gasteiger partial charge in [-0.2, -0.15) is 0 Å². The minimum atomic E-state index is -4.22. The molecule has 5 rings (SSSR count). The van der Waals surface area contributed by atoms with Crippen LogP contribution in [-0.4, -0.2) is 88.2 Å². The molecule has 0 bridgehead atoms. The maximum Gasteiger partial charge on any atom is 0.408 e. The van der Waals surface area contributed by atoms with Crippen LogP contribution in [0.15, 0.2) is 40.1 Å². The van der Waals surface area contributed by atoms with Gasteiger partial charge in [0.1, 0.15) is 41.4 Å². The van der Waals surface area contributed by atoms with Crippen molar-refractivity contribution in [3.63, 3.8) is 0 Å². The van der Waals surface area contributed by atoms with Gasteiger partial charge in [0.15, 0.2) is 0 Å². The number of rotatable bonds is 18. The number of hydrogen-bond donors (Lipinski definition) is 9. The van der Waals surface area contributed by atoms with Crippen LogP contribution in [0.3, 0.4) is 0 Å². The van der Waals surface area contributed by atoms with Crippen LogP contribution in [0.2, 0.25) is 0 Å². The quantitative estimate of drug-likeness (QED) is 0.0476. The van der Waals surface area contributed by atoms with Crippen LogP contribution in [0.1, 0.15) is 103 Å². The van der Waals surface area contributed by atoms with Gasteiger partial charge in [0.2, 0.25) is 17.8 Å². The third-order valence-electron chi connectivity index (χ3n) is 12.0. The first-order chi connectivity index (χ1) is 31.1. The Bertz CT molecular complexity index is 2670. The van der Waals surface area contributed by atoms with E-state index >= 15 is 0 Å². The molecule has 0 aromatic heterocycles. The minimum absolute atomic E-state index is 0.0172. The molecular weight excluding hydrogens is 905 g/mol. The fourth-order valence-electron chi connectivity index (χ4n) is 8.48. The van der Waals surface area contributed by atoms with E-state index in [2.05, 4.69) is 30.7 Å². The normalized spacial score (nSPS) is 15.4. The van der Waals surface area contributed by atoms with Gasteiger partial charge in [-0.05, 0) is 134 Å². The first-order valence-electron chi connectivity index (χ1n) is 22.0. The Morgan fingerprint density at radius 1 is 0.672 bits per heavy atom. The number of hydrogen-bond acceptors (Lipinski definition) is 12. The van der Waals surface area contributed by atoms with E-state index in [0.29, 0.717) is 63.3 Å². The van der Waals surface area contributed by atoms with Crippen LogP contribution in [0.5, 0.6) is 11.5 Å². The van der Waals surface area contributed by atoms with E-state index in [1.165, 1.54) is 0 Å².